The quantitative estimate of drug-likeness (QED) is 0.570. The van der Waals surface area contributed by atoms with Crippen LogP contribution in [-0.4, -0.2) is 30.1 Å². The third-order valence-corrected chi connectivity index (χ3v) is 2.45. The predicted octanol–water partition coefficient (Wildman–Crippen LogP) is 2.64. The molecule has 0 aromatic carbocycles. The van der Waals surface area contributed by atoms with Gasteiger partial charge in [0.15, 0.2) is 0 Å². The van der Waals surface area contributed by atoms with Crippen LogP contribution in [0.2, 0.25) is 0 Å². The van der Waals surface area contributed by atoms with Gasteiger partial charge < -0.3 is 14.0 Å². The normalized spacial score (nSPS) is 12.7. The Morgan fingerprint density at radius 3 is 1.70 bits per heavy atom. The van der Waals surface area contributed by atoms with Gasteiger partial charge in [-0.1, -0.05) is 12.1 Å². The number of hydrogen-bond acceptors (Lipinski definition) is 4. The second-order valence-electron chi connectivity index (χ2n) is 5.58. The second-order valence-corrected chi connectivity index (χ2v) is 5.58. The Morgan fingerprint density at radius 1 is 0.900 bits per heavy atom. The lowest BCUT2D eigenvalue weighted by atomic mass is 9.71. The molecule has 0 aliphatic carbocycles. The van der Waals surface area contributed by atoms with Crippen molar-refractivity contribution >= 4 is 12.3 Å². The summed E-state index contributed by atoms with van der Waals surface area (Å²) in [6.45, 7) is 8.98. The Labute approximate surface area is 120 Å². The molecular formula is C14H24BFNO3-. The molecule has 0 atom stereocenters. The minimum atomic E-state index is -2.29. The number of hydrogen-bond donors (Lipinski definition) is 0. The van der Waals surface area contributed by atoms with Crippen molar-refractivity contribution in [1.82, 2.24) is 4.98 Å². The van der Waals surface area contributed by atoms with Gasteiger partial charge >= 0.3 is 6.75 Å². The molecule has 0 amide bonds. The zero-order valence-corrected chi connectivity index (χ0v) is 13.1. The van der Waals surface area contributed by atoms with Crippen LogP contribution in [0.1, 0.15) is 41.5 Å². The van der Waals surface area contributed by atoms with Crippen molar-refractivity contribution in [3.63, 3.8) is 0 Å². The summed E-state index contributed by atoms with van der Waals surface area (Å²) < 4.78 is 31.1. The van der Waals surface area contributed by atoms with Gasteiger partial charge in [0.05, 0.1) is 0 Å². The summed E-state index contributed by atoms with van der Waals surface area (Å²) in [5.74, 6) is -0.583. The molecule has 1 rings (SSSR count). The van der Waals surface area contributed by atoms with Gasteiger partial charge in [0.2, 0.25) is 5.95 Å². The smallest absolute Gasteiger partial charge is 0.428 e. The van der Waals surface area contributed by atoms with E-state index in [2.05, 4.69) is 4.98 Å². The highest BCUT2D eigenvalue weighted by molar-refractivity contribution is 6.74. The van der Waals surface area contributed by atoms with E-state index in [0.717, 1.165) is 0 Å². The average Bonchev–Trinajstić information content (AvgIpc) is 2.25. The van der Waals surface area contributed by atoms with E-state index in [4.69, 9.17) is 14.0 Å². The Morgan fingerprint density at radius 2 is 1.35 bits per heavy atom. The maximum atomic E-state index is 13.4. The molecule has 6 heteroatoms. The molecule has 4 nitrogen and oxygen atoms in total. The van der Waals surface area contributed by atoms with Crippen LogP contribution in [0, 0.1) is 5.95 Å². The highest BCUT2D eigenvalue weighted by atomic mass is 19.1. The van der Waals surface area contributed by atoms with Crippen LogP contribution < -0.4 is 5.59 Å². The summed E-state index contributed by atoms with van der Waals surface area (Å²) >= 11 is 0. The molecule has 0 N–H and O–H groups in total. The van der Waals surface area contributed by atoms with E-state index < -0.39 is 12.7 Å². The number of pyridine rings is 1. The molecule has 0 fully saturated rings. The summed E-state index contributed by atoms with van der Waals surface area (Å²) in [4.78, 5) is 3.89. The van der Waals surface area contributed by atoms with Crippen molar-refractivity contribution in [3.8, 4) is 0 Å². The molecular weight excluding hydrogens is 260 g/mol. The van der Waals surface area contributed by atoms with Crippen molar-refractivity contribution in [2.75, 3.05) is 0 Å². The van der Waals surface area contributed by atoms with Gasteiger partial charge in [0.25, 0.3) is 0 Å². The van der Waals surface area contributed by atoms with Crippen molar-refractivity contribution < 1.29 is 18.4 Å². The molecule has 0 saturated carbocycles. The summed E-state index contributed by atoms with van der Waals surface area (Å²) in [5.41, 5.74) is 0.334. The fraction of sp³-hybridized carbons (Fsp3) is 0.643. The van der Waals surface area contributed by atoms with Crippen LogP contribution in [0.3, 0.4) is 0 Å². The minimum Gasteiger partial charge on any atom is -0.538 e. The summed E-state index contributed by atoms with van der Waals surface area (Å²) in [7, 11) is 0. The van der Waals surface area contributed by atoms with Crippen LogP contribution in [0.15, 0.2) is 18.2 Å². The highest BCUT2D eigenvalue weighted by Crippen LogP contribution is 2.17. The zero-order valence-electron chi connectivity index (χ0n) is 13.1. The van der Waals surface area contributed by atoms with Crippen molar-refractivity contribution in [3.05, 3.63) is 24.1 Å². The molecule has 114 valence electrons. The lowest BCUT2D eigenvalue weighted by Crippen LogP contribution is -2.61. The largest absolute Gasteiger partial charge is 0.538 e. The lowest BCUT2D eigenvalue weighted by molar-refractivity contribution is 0.0145. The first-order valence-electron chi connectivity index (χ1n) is 7.05. The van der Waals surface area contributed by atoms with Gasteiger partial charge in [-0.05, 0) is 53.2 Å². The Balaban J connectivity index is 3.26. The molecule has 1 heterocycles. The van der Waals surface area contributed by atoms with E-state index in [-0.39, 0.29) is 18.3 Å². The molecule has 0 radical (unpaired) electrons. The second kappa shape index (κ2) is 7.15. The van der Waals surface area contributed by atoms with Crippen LogP contribution in [0.5, 0.6) is 0 Å². The van der Waals surface area contributed by atoms with Crippen LogP contribution in [0.25, 0.3) is 0 Å². The number of aromatic nitrogens is 1. The highest BCUT2D eigenvalue weighted by Gasteiger charge is 2.36. The van der Waals surface area contributed by atoms with Crippen LogP contribution in [-0.2, 0) is 14.0 Å². The average molecular weight is 284 g/mol. The predicted molar refractivity (Wildman–Crippen MR) is 78.2 cm³/mol. The van der Waals surface area contributed by atoms with E-state index in [9.17, 15) is 4.39 Å². The summed E-state index contributed by atoms with van der Waals surface area (Å²) in [6.07, 6.45) is -0.423. The molecule has 0 aliphatic heterocycles. The SMILES string of the molecule is CC(C)O[B-](OC(C)C)(OC(C)C)c1cccc(F)n1. The van der Waals surface area contributed by atoms with Crippen molar-refractivity contribution in [2.45, 2.75) is 59.9 Å². The maximum absolute atomic E-state index is 13.4. The van der Waals surface area contributed by atoms with E-state index in [0.29, 0.717) is 5.59 Å². The molecule has 1 aromatic rings. The van der Waals surface area contributed by atoms with E-state index in [1.54, 1.807) is 12.1 Å². The van der Waals surface area contributed by atoms with Gasteiger partial charge in [-0.2, -0.15) is 4.39 Å². The Bertz CT molecular complexity index is 400. The topological polar surface area (TPSA) is 40.6 Å². The minimum absolute atomic E-state index is 0.141. The number of nitrogens with zero attached hydrogens (tertiary/aromatic N) is 1. The zero-order chi connectivity index (χ0) is 15.3. The Kier molecular flexibility index (Phi) is 6.11. The molecule has 0 aliphatic rings. The Hall–Kier alpha value is -0.975. The van der Waals surface area contributed by atoms with Gasteiger partial charge in [-0.15, -0.1) is 0 Å². The number of halogens is 1. The van der Waals surface area contributed by atoms with E-state index in [1.807, 2.05) is 41.5 Å². The van der Waals surface area contributed by atoms with Crippen LogP contribution >= 0.6 is 0 Å². The summed E-state index contributed by atoms with van der Waals surface area (Å²) in [5, 5.41) is 0. The van der Waals surface area contributed by atoms with Gasteiger partial charge in [0, 0.05) is 18.3 Å². The first-order valence-corrected chi connectivity index (χ1v) is 7.05. The van der Waals surface area contributed by atoms with E-state index >= 15 is 0 Å². The first kappa shape index (κ1) is 17.1. The molecule has 1 aromatic heterocycles. The third kappa shape index (κ3) is 4.85. The third-order valence-electron chi connectivity index (χ3n) is 2.45. The maximum Gasteiger partial charge on any atom is 0.428 e. The van der Waals surface area contributed by atoms with E-state index in [1.165, 1.54) is 6.07 Å². The van der Waals surface area contributed by atoms with Gasteiger partial charge in [-0.25, -0.2) is 0 Å². The fourth-order valence-electron chi connectivity index (χ4n) is 2.00. The number of rotatable bonds is 7. The van der Waals surface area contributed by atoms with Crippen molar-refractivity contribution in [1.29, 1.82) is 0 Å². The standard InChI is InChI=1S/C14H24BFNO3/c1-10(2)18-15(19-11(3)4,20-12(5)6)13-8-7-9-14(16)17-13/h7-12H,1-6H3/q-1. The molecule has 20 heavy (non-hydrogen) atoms. The molecule has 0 unspecified atom stereocenters. The first-order chi connectivity index (χ1) is 9.25. The molecule has 0 bridgehead atoms. The lowest BCUT2D eigenvalue weighted by Gasteiger charge is -2.45. The van der Waals surface area contributed by atoms with Gasteiger partial charge in [-0.3, -0.25) is 4.98 Å². The van der Waals surface area contributed by atoms with Gasteiger partial charge in [0.1, 0.15) is 0 Å². The molecule has 0 spiro atoms. The molecule has 0 saturated heterocycles. The van der Waals surface area contributed by atoms with Crippen LogP contribution in [0.4, 0.5) is 4.39 Å². The fourth-order valence-corrected chi connectivity index (χ4v) is 2.00. The summed E-state index contributed by atoms with van der Waals surface area (Å²) in [6, 6.07) is 4.52. The monoisotopic (exact) mass is 284 g/mol. The van der Waals surface area contributed by atoms with Crippen molar-refractivity contribution in [2.24, 2.45) is 0 Å².